The van der Waals surface area contributed by atoms with Gasteiger partial charge < -0.3 is 4.42 Å². The average molecular weight is 227 g/mol. The molecule has 2 amide bonds. The molecule has 1 aromatic carbocycles. The number of amides is 2. The van der Waals surface area contributed by atoms with Gasteiger partial charge in [0.1, 0.15) is 0 Å². The molecule has 3 rings (SSSR count). The molecule has 0 aliphatic carbocycles. The number of furan rings is 1. The molecule has 2 heterocycles. The zero-order valence-corrected chi connectivity index (χ0v) is 8.92. The smallest absolute Gasteiger partial charge is 0.296 e. The van der Waals surface area contributed by atoms with Gasteiger partial charge in [-0.3, -0.25) is 14.5 Å². The van der Waals surface area contributed by atoms with Crippen LogP contribution in [0.25, 0.3) is 0 Å². The van der Waals surface area contributed by atoms with Gasteiger partial charge in [-0.1, -0.05) is 18.2 Å². The predicted octanol–water partition coefficient (Wildman–Crippen LogP) is 2.08. The van der Waals surface area contributed by atoms with E-state index in [1.807, 2.05) is 12.1 Å². The standard InChI is InChI=1S/C13H9NO3/c15-12-10-5-2-1-4-9(10)8-14(12)13(16)11-6-3-7-17-11/h1-7H,8H2. The number of hydrogen-bond acceptors (Lipinski definition) is 3. The third-order valence-electron chi connectivity index (χ3n) is 2.80. The summed E-state index contributed by atoms with van der Waals surface area (Å²) >= 11 is 0. The largest absolute Gasteiger partial charge is 0.459 e. The Hall–Kier alpha value is -2.36. The Morgan fingerprint density at radius 1 is 1.18 bits per heavy atom. The lowest BCUT2D eigenvalue weighted by molar-refractivity contribution is 0.0611. The van der Waals surface area contributed by atoms with Crippen molar-refractivity contribution in [3.8, 4) is 0 Å². The first-order chi connectivity index (χ1) is 8.27. The van der Waals surface area contributed by atoms with Gasteiger partial charge in [0, 0.05) is 5.56 Å². The Bertz CT molecular complexity index is 578. The molecule has 1 aliphatic heterocycles. The first-order valence-electron chi connectivity index (χ1n) is 5.25. The van der Waals surface area contributed by atoms with E-state index >= 15 is 0 Å². The summed E-state index contributed by atoms with van der Waals surface area (Å²) in [4.78, 5) is 25.2. The minimum atomic E-state index is -0.392. The Morgan fingerprint density at radius 2 is 2.00 bits per heavy atom. The summed E-state index contributed by atoms with van der Waals surface area (Å²) in [5, 5.41) is 0. The monoisotopic (exact) mass is 227 g/mol. The second kappa shape index (κ2) is 3.59. The van der Waals surface area contributed by atoms with Crippen LogP contribution in [0.2, 0.25) is 0 Å². The Balaban J connectivity index is 1.95. The van der Waals surface area contributed by atoms with Crippen molar-refractivity contribution in [3.63, 3.8) is 0 Å². The molecule has 0 bridgehead atoms. The molecule has 0 N–H and O–H groups in total. The lowest BCUT2D eigenvalue weighted by Gasteiger charge is -2.11. The lowest BCUT2D eigenvalue weighted by Crippen LogP contribution is -2.30. The summed E-state index contributed by atoms with van der Waals surface area (Å²) in [6.07, 6.45) is 1.42. The molecule has 0 atom stereocenters. The second-order valence-electron chi connectivity index (χ2n) is 3.83. The molecule has 1 aliphatic rings. The molecule has 4 heteroatoms. The van der Waals surface area contributed by atoms with Crippen LogP contribution in [0.5, 0.6) is 0 Å². The maximum Gasteiger partial charge on any atom is 0.296 e. The molecule has 0 fully saturated rings. The highest BCUT2D eigenvalue weighted by Gasteiger charge is 2.33. The van der Waals surface area contributed by atoms with Crippen LogP contribution in [0, 0.1) is 0 Å². The number of imide groups is 1. The van der Waals surface area contributed by atoms with Crippen LogP contribution in [-0.4, -0.2) is 16.7 Å². The average Bonchev–Trinajstić information content (AvgIpc) is 2.97. The van der Waals surface area contributed by atoms with E-state index in [1.54, 1.807) is 24.3 Å². The maximum atomic E-state index is 12.0. The Morgan fingerprint density at radius 3 is 2.71 bits per heavy atom. The maximum absolute atomic E-state index is 12.0. The van der Waals surface area contributed by atoms with E-state index < -0.39 is 5.91 Å². The fourth-order valence-corrected chi connectivity index (χ4v) is 1.95. The minimum Gasteiger partial charge on any atom is -0.459 e. The number of rotatable bonds is 1. The number of benzene rings is 1. The summed E-state index contributed by atoms with van der Waals surface area (Å²) in [5.74, 6) is -0.468. The van der Waals surface area contributed by atoms with Crippen molar-refractivity contribution >= 4 is 11.8 Å². The Kier molecular flexibility index (Phi) is 2.08. The SMILES string of the molecule is O=C(c1ccco1)N1Cc2ccccc2C1=O. The van der Waals surface area contributed by atoms with Gasteiger partial charge in [0.15, 0.2) is 5.76 Å². The summed E-state index contributed by atoms with van der Waals surface area (Å²) in [6.45, 7) is 0.314. The first-order valence-corrected chi connectivity index (χ1v) is 5.25. The second-order valence-corrected chi connectivity index (χ2v) is 3.83. The molecule has 0 unspecified atom stereocenters. The highest BCUT2D eigenvalue weighted by Crippen LogP contribution is 2.24. The fourth-order valence-electron chi connectivity index (χ4n) is 1.95. The number of carbonyl (C=O) groups excluding carboxylic acids is 2. The van der Waals surface area contributed by atoms with Crippen LogP contribution in [-0.2, 0) is 6.54 Å². The van der Waals surface area contributed by atoms with Crippen LogP contribution < -0.4 is 0 Å². The van der Waals surface area contributed by atoms with Crippen molar-refractivity contribution in [2.75, 3.05) is 0 Å². The summed E-state index contributed by atoms with van der Waals surface area (Å²) in [5.41, 5.74) is 1.46. The van der Waals surface area contributed by atoms with Crippen LogP contribution in [0.15, 0.2) is 47.1 Å². The molecule has 0 saturated heterocycles. The quantitative estimate of drug-likeness (QED) is 0.701. The minimum absolute atomic E-state index is 0.186. The zero-order chi connectivity index (χ0) is 11.8. The van der Waals surface area contributed by atoms with E-state index in [2.05, 4.69) is 0 Å². The van der Waals surface area contributed by atoms with Gasteiger partial charge in [-0.15, -0.1) is 0 Å². The third-order valence-corrected chi connectivity index (χ3v) is 2.80. The van der Waals surface area contributed by atoms with E-state index in [0.29, 0.717) is 12.1 Å². The molecule has 0 radical (unpaired) electrons. The summed E-state index contributed by atoms with van der Waals surface area (Å²) in [6, 6.07) is 10.4. The van der Waals surface area contributed by atoms with Gasteiger partial charge in [0.2, 0.25) is 0 Å². The first kappa shape index (κ1) is 9.84. The van der Waals surface area contributed by atoms with Gasteiger partial charge in [0.25, 0.3) is 11.8 Å². The van der Waals surface area contributed by atoms with Crippen LogP contribution in [0.3, 0.4) is 0 Å². The van der Waals surface area contributed by atoms with Gasteiger partial charge in [-0.25, -0.2) is 0 Å². The Labute approximate surface area is 97.5 Å². The van der Waals surface area contributed by atoms with Crippen molar-refractivity contribution < 1.29 is 14.0 Å². The molecular formula is C13H9NO3. The van der Waals surface area contributed by atoms with Crippen molar-refractivity contribution in [2.24, 2.45) is 0 Å². The van der Waals surface area contributed by atoms with E-state index in [4.69, 9.17) is 4.42 Å². The summed E-state index contributed by atoms with van der Waals surface area (Å²) in [7, 11) is 0. The summed E-state index contributed by atoms with van der Waals surface area (Å²) < 4.78 is 5.01. The molecule has 1 aromatic heterocycles. The molecule has 17 heavy (non-hydrogen) atoms. The molecule has 0 spiro atoms. The van der Waals surface area contributed by atoms with Gasteiger partial charge in [-0.2, -0.15) is 0 Å². The molecule has 0 saturated carbocycles. The van der Waals surface area contributed by atoms with Gasteiger partial charge in [0.05, 0.1) is 12.8 Å². The van der Waals surface area contributed by atoms with E-state index in [0.717, 1.165) is 5.56 Å². The van der Waals surface area contributed by atoms with Gasteiger partial charge in [-0.05, 0) is 23.8 Å². The van der Waals surface area contributed by atoms with Crippen molar-refractivity contribution in [2.45, 2.75) is 6.54 Å². The molecular weight excluding hydrogens is 218 g/mol. The van der Waals surface area contributed by atoms with Crippen molar-refractivity contribution in [3.05, 3.63) is 59.5 Å². The van der Waals surface area contributed by atoms with Crippen molar-refractivity contribution in [1.82, 2.24) is 4.90 Å². The lowest BCUT2D eigenvalue weighted by atomic mass is 10.1. The third kappa shape index (κ3) is 1.45. The number of nitrogens with zero attached hydrogens (tertiary/aromatic N) is 1. The normalized spacial score (nSPS) is 13.9. The van der Waals surface area contributed by atoms with Crippen LogP contribution >= 0.6 is 0 Å². The number of fused-ring (bicyclic) bond motifs is 1. The van der Waals surface area contributed by atoms with Crippen LogP contribution in [0.4, 0.5) is 0 Å². The van der Waals surface area contributed by atoms with Crippen LogP contribution in [0.1, 0.15) is 26.5 Å². The zero-order valence-electron chi connectivity index (χ0n) is 8.92. The highest BCUT2D eigenvalue weighted by atomic mass is 16.3. The predicted molar refractivity (Wildman–Crippen MR) is 59.4 cm³/mol. The highest BCUT2D eigenvalue weighted by molar-refractivity contribution is 6.11. The van der Waals surface area contributed by atoms with Crippen molar-refractivity contribution in [1.29, 1.82) is 0 Å². The van der Waals surface area contributed by atoms with E-state index in [9.17, 15) is 9.59 Å². The molecule has 4 nitrogen and oxygen atoms in total. The van der Waals surface area contributed by atoms with Gasteiger partial charge >= 0.3 is 0 Å². The molecule has 2 aromatic rings. The molecule has 84 valence electrons. The van der Waals surface area contributed by atoms with E-state index in [-0.39, 0.29) is 11.7 Å². The fraction of sp³-hybridized carbons (Fsp3) is 0.0769. The van der Waals surface area contributed by atoms with E-state index in [1.165, 1.54) is 11.2 Å². The number of carbonyl (C=O) groups is 2. The topological polar surface area (TPSA) is 50.5 Å². The number of hydrogen-bond donors (Lipinski definition) is 0.